The number of allylic oxidation sites excluding steroid dienone is 1. The molecule has 336 valence electrons. The van der Waals surface area contributed by atoms with Gasteiger partial charge in [-0.05, 0) is 159 Å². The van der Waals surface area contributed by atoms with Gasteiger partial charge < -0.3 is 25.6 Å². The summed E-state index contributed by atoms with van der Waals surface area (Å²) in [5.41, 5.74) is 1.19. The maximum Gasteiger partial charge on any atom is 0.309 e. The van der Waals surface area contributed by atoms with E-state index in [0.717, 1.165) is 68.3 Å². The highest BCUT2D eigenvalue weighted by molar-refractivity contribution is 7.98. The summed E-state index contributed by atoms with van der Waals surface area (Å²) >= 11 is 1.64. The van der Waals surface area contributed by atoms with Gasteiger partial charge in [0.1, 0.15) is 6.10 Å². The number of carbonyl (C=O) groups excluding carboxylic acids is 3. The molecule has 6 saturated carbocycles. The van der Waals surface area contributed by atoms with Gasteiger partial charge in [0.2, 0.25) is 0 Å². The monoisotopic (exact) mass is 859 g/mol. The Bertz CT molecular complexity index is 2030. The fourth-order valence-corrected chi connectivity index (χ4v) is 16.3. The van der Waals surface area contributed by atoms with Gasteiger partial charge in [0.25, 0.3) is 5.91 Å². The fourth-order valence-electron chi connectivity index (χ4n) is 15.9. The number of benzene rings is 1. The highest BCUT2D eigenvalue weighted by Gasteiger charge is 2.82. The zero-order valence-electron chi connectivity index (χ0n) is 38.9. The molecule has 0 bridgehead atoms. The third-order valence-electron chi connectivity index (χ3n) is 19.9. The Balaban J connectivity index is 0.989. The largest absolute Gasteiger partial charge is 0.481 e. The molecule has 9 nitrogen and oxygen atoms in total. The highest BCUT2D eigenvalue weighted by atomic mass is 32.2. The number of carboxylic acids is 1. The van der Waals surface area contributed by atoms with E-state index in [0.29, 0.717) is 37.4 Å². The summed E-state index contributed by atoms with van der Waals surface area (Å²) in [7, 11) is 0. The zero-order valence-corrected chi connectivity index (χ0v) is 39.7. The summed E-state index contributed by atoms with van der Waals surface area (Å²) in [5, 5.41) is 28.8. The molecule has 61 heavy (non-hydrogen) atoms. The topological polar surface area (TPSA) is 142 Å². The van der Waals surface area contributed by atoms with E-state index in [4.69, 9.17) is 4.74 Å². The number of ether oxygens (including phenoxy) is 1. The Morgan fingerprint density at radius 3 is 2.18 bits per heavy atom. The van der Waals surface area contributed by atoms with Gasteiger partial charge in [0.05, 0.1) is 17.9 Å². The van der Waals surface area contributed by atoms with Crippen LogP contribution in [-0.2, 0) is 19.1 Å². The standard InChI is InChI=1S/C51H74N2O7S/c1-29(2)39-35(54)25-50(37(55)26-52-28-44(3,4)53-41(56)30-12-14-31(61-11)15-13-30)22-20-46(7)32(40(39)50)16-17-36-47(46,8)21-23-51-27-49(51,10)38(18-19-48(36,51)9)60-43(59)34-24-33(42(57)58)45(34,5)6/h12-15,29,32-34,36-38,52,55H,16-28H2,1-11H3,(H,53,56)(H,57,58)/t32?,33-,34+,36-,37-,38-,46+,47+,48+,49+,50-,51-/m0/s1. The van der Waals surface area contributed by atoms with Gasteiger partial charge in [0, 0.05) is 46.3 Å². The number of fused-ring (bicyclic) bond motifs is 6. The number of Topliss-reactive ketones (excluding diaryl/α,β-unsaturated/α-hetero) is 1. The average molecular weight is 859 g/mol. The number of esters is 1. The summed E-state index contributed by atoms with van der Waals surface area (Å²) in [6.07, 6.45) is 10.8. The predicted octanol–water partition coefficient (Wildman–Crippen LogP) is 9.26. The van der Waals surface area contributed by atoms with Crippen LogP contribution in [0.5, 0.6) is 0 Å². The van der Waals surface area contributed by atoms with Crippen LogP contribution in [0.15, 0.2) is 40.3 Å². The molecule has 0 aliphatic heterocycles. The van der Waals surface area contributed by atoms with Gasteiger partial charge in [-0.2, -0.15) is 0 Å². The second kappa shape index (κ2) is 14.7. The van der Waals surface area contributed by atoms with E-state index >= 15 is 0 Å². The lowest BCUT2D eigenvalue weighted by Crippen LogP contribution is -2.65. The molecule has 0 aromatic heterocycles. The maximum absolute atomic E-state index is 14.2. The van der Waals surface area contributed by atoms with Crippen molar-refractivity contribution in [2.75, 3.05) is 19.3 Å². The molecule has 10 heteroatoms. The Hall–Kier alpha value is -2.69. The van der Waals surface area contributed by atoms with Crippen LogP contribution in [0.1, 0.15) is 150 Å². The van der Waals surface area contributed by atoms with Crippen molar-refractivity contribution in [3.63, 3.8) is 0 Å². The number of hydrogen-bond acceptors (Lipinski definition) is 8. The number of aliphatic hydroxyl groups excluding tert-OH is 1. The SMILES string of the molecule is CSc1ccc(C(=O)NC(C)(C)CNC[C@H](O)[C@@]23CC[C@]4(C)C(CC[C@@H]5[C@@]6(C)CC[C@H](OC(=O)[C@H]7C[C@@H](C(=O)O)C7(C)C)[C@@]7(C)C[C@]76CC[C@]54C)C2=C(C(C)C)C(=O)C3)cc1. The van der Waals surface area contributed by atoms with Crippen molar-refractivity contribution >= 4 is 35.4 Å². The number of rotatable bonds is 12. The molecular weight excluding hydrogens is 785 g/mol. The second-order valence-corrected chi connectivity index (χ2v) is 24.4. The second-order valence-electron chi connectivity index (χ2n) is 23.5. The van der Waals surface area contributed by atoms with Gasteiger partial charge in [-0.1, -0.05) is 61.0 Å². The number of carbonyl (C=O) groups is 4. The molecule has 7 aliphatic carbocycles. The lowest BCUT2D eigenvalue weighted by molar-refractivity contribution is -0.223. The highest BCUT2D eigenvalue weighted by Crippen LogP contribution is 2.87. The number of ketones is 1. The van der Waals surface area contributed by atoms with Crippen molar-refractivity contribution in [2.45, 2.75) is 163 Å². The first-order valence-electron chi connectivity index (χ1n) is 23.4. The molecule has 8 rings (SSSR count). The van der Waals surface area contributed by atoms with Gasteiger partial charge >= 0.3 is 11.9 Å². The summed E-state index contributed by atoms with van der Waals surface area (Å²) in [5.74, 6) is -1.05. The lowest BCUT2D eigenvalue weighted by Gasteiger charge is -2.71. The number of carboxylic acid groups (broad SMARTS) is 1. The third-order valence-corrected chi connectivity index (χ3v) is 20.6. The van der Waals surface area contributed by atoms with Crippen LogP contribution >= 0.6 is 11.8 Å². The molecular formula is C51H74N2O7S. The molecule has 7 aliphatic rings. The smallest absolute Gasteiger partial charge is 0.309 e. The molecule has 1 aromatic rings. The minimum Gasteiger partial charge on any atom is -0.481 e. The summed E-state index contributed by atoms with van der Waals surface area (Å²) in [6, 6.07) is 7.62. The van der Waals surface area contributed by atoms with Crippen molar-refractivity contribution in [1.29, 1.82) is 0 Å². The molecule has 1 unspecified atom stereocenters. The van der Waals surface area contributed by atoms with E-state index in [2.05, 4.69) is 52.2 Å². The van der Waals surface area contributed by atoms with E-state index < -0.39 is 34.4 Å². The van der Waals surface area contributed by atoms with Gasteiger partial charge in [-0.3, -0.25) is 19.2 Å². The number of aliphatic hydroxyl groups is 1. The van der Waals surface area contributed by atoms with Crippen molar-refractivity contribution in [3.8, 4) is 0 Å². The number of nitrogens with one attached hydrogen (secondary N) is 2. The minimum absolute atomic E-state index is 0.0390. The Labute approximate surface area is 369 Å². The van der Waals surface area contributed by atoms with Crippen LogP contribution < -0.4 is 10.6 Å². The lowest BCUT2D eigenvalue weighted by atomic mass is 9.33. The normalized spacial score (nSPS) is 41.3. The van der Waals surface area contributed by atoms with E-state index in [1.807, 2.05) is 58.2 Å². The Morgan fingerprint density at radius 2 is 1.56 bits per heavy atom. The minimum atomic E-state index is -0.829. The average Bonchev–Trinajstić information content (AvgIpc) is 3.70. The molecule has 4 N–H and O–H groups in total. The number of amides is 1. The Kier molecular flexibility index (Phi) is 10.8. The molecule has 6 fully saturated rings. The van der Waals surface area contributed by atoms with E-state index in [9.17, 15) is 29.4 Å². The summed E-state index contributed by atoms with van der Waals surface area (Å²) in [6.45, 7) is 23.0. The number of aliphatic carboxylic acids is 1. The fraction of sp³-hybridized carbons (Fsp3) is 0.765. The van der Waals surface area contributed by atoms with Crippen LogP contribution in [0.2, 0.25) is 0 Å². The maximum atomic E-state index is 14.2. The molecule has 1 spiro atoms. The first kappa shape index (κ1) is 44.9. The number of thioether (sulfide) groups is 1. The first-order valence-corrected chi connectivity index (χ1v) is 24.7. The van der Waals surface area contributed by atoms with E-state index in [1.165, 1.54) is 5.57 Å². The van der Waals surface area contributed by atoms with Gasteiger partial charge in [-0.15, -0.1) is 11.8 Å². The van der Waals surface area contributed by atoms with Gasteiger partial charge in [0.15, 0.2) is 5.78 Å². The van der Waals surface area contributed by atoms with Crippen molar-refractivity contribution < 1.29 is 34.1 Å². The molecule has 12 atom stereocenters. The van der Waals surface area contributed by atoms with Crippen LogP contribution in [0, 0.1) is 67.5 Å². The predicted molar refractivity (Wildman–Crippen MR) is 239 cm³/mol. The van der Waals surface area contributed by atoms with E-state index in [1.54, 1.807) is 11.8 Å². The van der Waals surface area contributed by atoms with Crippen molar-refractivity contribution in [2.24, 2.45) is 67.5 Å². The quantitative estimate of drug-likeness (QED) is 0.120. The molecule has 1 amide bonds. The zero-order chi connectivity index (χ0) is 44.5. The van der Waals surface area contributed by atoms with Crippen LogP contribution in [0.3, 0.4) is 0 Å². The molecule has 0 radical (unpaired) electrons. The number of hydrogen-bond donors (Lipinski definition) is 4. The molecule has 0 saturated heterocycles. The van der Waals surface area contributed by atoms with Gasteiger partial charge in [-0.25, -0.2) is 0 Å². The Morgan fingerprint density at radius 1 is 0.885 bits per heavy atom. The van der Waals surface area contributed by atoms with Crippen LogP contribution in [0.25, 0.3) is 0 Å². The van der Waals surface area contributed by atoms with Crippen molar-refractivity contribution in [1.82, 2.24) is 10.6 Å². The molecule has 1 aromatic carbocycles. The third kappa shape index (κ3) is 6.34. The van der Waals surface area contributed by atoms with Crippen LogP contribution in [0.4, 0.5) is 0 Å². The summed E-state index contributed by atoms with van der Waals surface area (Å²) in [4.78, 5) is 54.0. The first-order chi connectivity index (χ1) is 28.4. The van der Waals surface area contributed by atoms with Crippen LogP contribution in [-0.4, -0.2) is 70.9 Å². The molecule has 0 heterocycles. The van der Waals surface area contributed by atoms with E-state index in [-0.39, 0.29) is 68.6 Å². The summed E-state index contributed by atoms with van der Waals surface area (Å²) < 4.78 is 6.47. The van der Waals surface area contributed by atoms with Crippen molar-refractivity contribution in [3.05, 3.63) is 41.0 Å².